The van der Waals surface area contributed by atoms with E-state index in [4.69, 9.17) is 0 Å². The number of quaternary nitrogens is 1. The highest BCUT2D eigenvalue weighted by Gasteiger charge is 2.19. The normalized spacial score (nSPS) is 11.9. The van der Waals surface area contributed by atoms with E-state index in [2.05, 4.69) is 10.1 Å². The Kier molecular flexibility index (Phi) is 6.86. The molecule has 3 aromatic rings. The second-order valence-corrected chi connectivity index (χ2v) is 6.33. The molecule has 4 nitrogen and oxygen atoms in total. The summed E-state index contributed by atoms with van der Waals surface area (Å²) in [5, 5.41) is 4.56. The van der Waals surface area contributed by atoms with Gasteiger partial charge in [0.25, 0.3) is 5.91 Å². The van der Waals surface area contributed by atoms with Crippen LogP contribution < -0.4 is 15.4 Å². The third-order valence-corrected chi connectivity index (χ3v) is 4.29. The molecule has 0 spiro atoms. The average molecular weight is 401 g/mol. The summed E-state index contributed by atoms with van der Waals surface area (Å²) in [6.45, 7) is -2.76. The average Bonchev–Trinajstić information content (AvgIpc) is 2.71. The van der Waals surface area contributed by atoms with Crippen molar-refractivity contribution < 1.29 is 28.0 Å². The lowest BCUT2D eigenvalue weighted by atomic mass is 9.98. The number of rotatable bonds is 8. The molecule has 0 aliphatic carbocycles. The third kappa shape index (κ3) is 6.08. The van der Waals surface area contributed by atoms with Gasteiger partial charge in [-0.2, -0.15) is 8.78 Å². The number of alkyl halides is 2. The first-order valence-electron chi connectivity index (χ1n) is 9.00. The van der Waals surface area contributed by atoms with Crippen molar-refractivity contribution in [2.45, 2.75) is 12.7 Å². The maximum Gasteiger partial charge on any atom is 0.387 e. The molecule has 0 bridgehead atoms. The van der Waals surface area contributed by atoms with E-state index in [1.165, 1.54) is 36.4 Å². The fourth-order valence-electron chi connectivity index (χ4n) is 2.95. The summed E-state index contributed by atoms with van der Waals surface area (Å²) in [5.74, 6) is -0.544. The van der Waals surface area contributed by atoms with Gasteiger partial charge in [0.1, 0.15) is 17.6 Å². The summed E-state index contributed by atoms with van der Waals surface area (Å²) in [4.78, 5) is 12.3. The Morgan fingerprint density at radius 2 is 1.52 bits per heavy atom. The van der Waals surface area contributed by atoms with Crippen LogP contribution in [-0.2, 0) is 4.79 Å². The molecule has 0 fully saturated rings. The number of hydrogen-bond donors (Lipinski definition) is 2. The Labute approximate surface area is 166 Å². The van der Waals surface area contributed by atoms with E-state index in [0.29, 0.717) is 5.69 Å². The molecule has 0 saturated heterocycles. The van der Waals surface area contributed by atoms with Gasteiger partial charge in [0.05, 0.1) is 0 Å². The molecule has 0 radical (unpaired) electrons. The fraction of sp³-hybridized carbons (Fsp3) is 0.136. The topological polar surface area (TPSA) is 54.9 Å². The Hall–Kier alpha value is -3.32. The molecule has 0 aliphatic heterocycles. The van der Waals surface area contributed by atoms with Crippen LogP contribution in [0.15, 0.2) is 78.9 Å². The van der Waals surface area contributed by atoms with Crippen molar-refractivity contribution in [3.8, 4) is 5.75 Å². The zero-order chi connectivity index (χ0) is 20.6. The van der Waals surface area contributed by atoms with Crippen molar-refractivity contribution in [2.75, 3.05) is 11.9 Å². The number of carbonyl (C=O) groups excluding carboxylic acids is 1. The van der Waals surface area contributed by atoms with E-state index >= 15 is 0 Å². The highest BCUT2D eigenvalue weighted by atomic mass is 19.3. The van der Waals surface area contributed by atoms with Crippen molar-refractivity contribution in [1.82, 2.24) is 0 Å². The molecule has 1 atom stereocenters. The molecular weight excluding hydrogens is 381 g/mol. The number of benzene rings is 3. The van der Waals surface area contributed by atoms with Crippen LogP contribution in [-0.4, -0.2) is 19.1 Å². The Morgan fingerprint density at radius 3 is 2.14 bits per heavy atom. The molecule has 3 aromatic carbocycles. The Balaban J connectivity index is 1.71. The van der Waals surface area contributed by atoms with Gasteiger partial charge in [0.15, 0.2) is 6.54 Å². The van der Waals surface area contributed by atoms with Crippen LogP contribution in [0.5, 0.6) is 5.75 Å². The SMILES string of the molecule is O=C(C[NH2+][C@H](c1ccccc1)c1ccc(OC(F)F)cc1)Nc1ccc(F)cc1. The highest BCUT2D eigenvalue weighted by molar-refractivity contribution is 5.91. The first-order chi connectivity index (χ1) is 14.0. The number of nitrogens with one attached hydrogen (secondary N) is 1. The van der Waals surface area contributed by atoms with Gasteiger partial charge < -0.3 is 15.4 Å². The van der Waals surface area contributed by atoms with E-state index in [0.717, 1.165) is 11.1 Å². The van der Waals surface area contributed by atoms with Crippen LogP contribution in [0.25, 0.3) is 0 Å². The molecule has 3 rings (SSSR count). The zero-order valence-corrected chi connectivity index (χ0v) is 15.4. The predicted octanol–water partition coefficient (Wildman–Crippen LogP) is 3.72. The Bertz CT molecular complexity index is 917. The van der Waals surface area contributed by atoms with Crippen molar-refractivity contribution in [1.29, 1.82) is 0 Å². The maximum absolute atomic E-state index is 13.0. The molecule has 1 amide bonds. The summed E-state index contributed by atoms with van der Waals surface area (Å²) in [6.07, 6.45) is 0. The lowest BCUT2D eigenvalue weighted by Gasteiger charge is -2.17. The van der Waals surface area contributed by atoms with E-state index in [9.17, 15) is 18.0 Å². The standard InChI is InChI=1S/C22H19F3N2O2/c23-17-8-10-18(11-9-17)27-20(28)14-26-21(15-4-2-1-3-5-15)16-6-12-19(13-7-16)29-22(24)25/h1-13,21-22,26H,14H2,(H,27,28)/p+1/t21-/m1/s1. The summed E-state index contributed by atoms with van der Waals surface area (Å²) in [5.41, 5.74) is 2.31. The monoisotopic (exact) mass is 401 g/mol. The minimum Gasteiger partial charge on any atom is -0.435 e. The maximum atomic E-state index is 13.0. The van der Waals surface area contributed by atoms with Gasteiger partial charge in [-0.15, -0.1) is 0 Å². The molecule has 3 N–H and O–H groups in total. The van der Waals surface area contributed by atoms with Gasteiger partial charge in [-0.1, -0.05) is 30.3 Å². The van der Waals surface area contributed by atoms with Crippen LogP contribution in [0.1, 0.15) is 17.2 Å². The van der Waals surface area contributed by atoms with E-state index < -0.39 is 6.61 Å². The third-order valence-electron chi connectivity index (χ3n) is 4.29. The second-order valence-electron chi connectivity index (χ2n) is 6.33. The first kappa shape index (κ1) is 20.4. The molecular formula is C22H20F3N2O2+. The number of carbonyl (C=O) groups is 1. The number of halogens is 3. The molecule has 0 aromatic heterocycles. The minimum atomic E-state index is -2.88. The van der Waals surface area contributed by atoms with Crippen molar-refractivity contribution in [3.63, 3.8) is 0 Å². The van der Waals surface area contributed by atoms with Gasteiger partial charge in [-0.3, -0.25) is 4.79 Å². The van der Waals surface area contributed by atoms with E-state index in [-0.39, 0.29) is 30.1 Å². The zero-order valence-electron chi connectivity index (χ0n) is 15.4. The lowest BCUT2D eigenvalue weighted by Crippen LogP contribution is -2.87. The molecule has 0 unspecified atom stereocenters. The van der Waals surface area contributed by atoms with Gasteiger partial charge in [-0.25, -0.2) is 4.39 Å². The van der Waals surface area contributed by atoms with Crippen LogP contribution in [0.4, 0.5) is 18.9 Å². The summed E-state index contributed by atoms with van der Waals surface area (Å²) >= 11 is 0. The molecule has 7 heteroatoms. The predicted molar refractivity (Wildman–Crippen MR) is 103 cm³/mol. The van der Waals surface area contributed by atoms with Crippen molar-refractivity contribution >= 4 is 11.6 Å². The lowest BCUT2D eigenvalue weighted by molar-refractivity contribution is -0.676. The smallest absolute Gasteiger partial charge is 0.387 e. The number of anilines is 1. The van der Waals surface area contributed by atoms with Crippen LogP contribution in [0, 0.1) is 5.82 Å². The molecule has 0 saturated carbocycles. The van der Waals surface area contributed by atoms with E-state index in [1.54, 1.807) is 12.1 Å². The largest absolute Gasteiger partial charge is 0.435 e. The number of hydrogen-bond acceptors (Lipinski definition) is 2. The Morgan fingerprint density at radius 1 is 0.897 bits per heavy atom. The summed E-state index contributed by atoms with van der Waals surface area (Å²) in [7, 11) is 0. The number of amides is 1. The van der Waals surface area contributed by atoms with E-state index in [1.807, 2.05) is 35.6 Å². The van der Waals surface area contributed by atoms with Crippen LogP contribution in [0.2, 0.25) is 0 Å². The van der Waals surface area contributed by atoms with Crippen LogP contribution >= 0.6 is 0 Å². The van der Waals surface area contributed by atoms with Crippen LogP contribution in [0.3, 0.4) is 0 Å². The van der Waals surface area contributed by atoms with Gasteiger partial charge in [-0.05, 0) is 48.5 Å². The summed E-state index contributed by atoms with van der Waals surface area (Å²) < 4.78 is 42.1. The van der Waals surface area contributed by atoms with Crippen molar-refractivity contribution in [2.24, 2.45) is 0 Å². The molecule has 29 heavy (non-hydrogen) atoms. The van der Waals surface area contributed by atoms with Gasteiger partial charge in [0.2, 0.25) is 0 Å². The summed E-state index contributed by atoms with van der Waals surface area (Å²) in [6, 6.07) is 21.2. The fourth-order valence-corrected chi connectivity index (χ4v) is 2.95. The number of ether oxygens (including phenoxy) is 1. The van der Waals surface area contributed by atoms with Gasteiger partial charge in [0, 0.05) is 16.8 Å². The minimum absolute atomic E-state index is 0.0737. The van der Waals surface area contributed by atoms with Gasteiger partial charge >= 0.3 is 6.61 Å². The molecule has 0 aliphatic rings. The molecule has 150 valence electrons. The second kappa shape index (κ2) is 9.75. The number of nitrogens with two attached hydrogens (primary N) is 1. The molecule has 0 heterocycles. The quantitative estimate of drug-likeness (QED) is 0.605. The van der Waals surface area contributed by atoms with Crippen molar-refractivity contribution in [3.05, 3.63) is 95.8 Å². The highest BCUT2D eigenvalue weighted by Crippen LogP contribution is 2.22. The first-order valence-corrected chi connectivity index (χ1v) is 9.00.